The van der Waals surface area contributed by atoms with E-state index < -0.39 is 75.7 Å². The van der Waals surface area contributed by atoms with Crippen molar-refractivity contribution in [2.75, 3.05) is 13.2 Å². The van der Waals surface area contributed by atoms with Crippen LogP contribution in [0.2, 0.25) is 0 Å². The third-order valence-electron chi connectivity index (χ3n) is 9.95. The molecule has 0 aromatic rings. The van der Waals surface area contributed by atoms with Gasteiger partial charge in [0.05, 0.1) is 6.61 Å². The van der Waals surface area contributed by atoms with Crippen molar-refractivity contribution in [3.05, 3.63) is 60.8 Å². The zero-order chi connectivity index (χ0) is 43.6. The third-order valence-corrected chi connectivity index (χ3v) is 10.9. The molecule has 1 aliphatic carbocycles. The molecule has 1 aliphatic rings. The zero-order valence-electron chi connectivity index (χ0n) is 35.8. The molecular formula is C45H77O13P. The first-order valence-corrected chi connectivity index (χ1v) is 23.6. The summed E-state index contributed by atoms with van der Waals surface area (Å²) >= 11 is 0. The van der Waals surface area contributed by atoms with Gasteiger partial charge in [-0.25, -0.2) is 9.36 Å². The molecule has 0 amide bonds. The molecule has 340 valence electrons. The van der Waals surface area contributed by atoms with E-state index in [2.05, 4.69) is 50.3 Å². The van der Waals surface area contributed by atoms with E-state index in [1.165, 1.54) is 69.9 Å². The van der Waals surface area contributed by atoms with E-state index >= 15 is 0 Å². The minimum Gasteiger partial charge on any atom is -0.458 e. The Morgan fingerprint density at radius 3 is 1.66 bits per heavy atom. The van der Waals surface area contributed by atoms with Gasteiger partial charge in [-0.05, 0) is 51.4 Å². The van der Waals surface area contributed by atoms with E-state index in [0.29, 0.717) is 6.42 Å². The minimum atomic E-state index is -5.14. The number of rotatable bonds is 35. The molecule has 0 spiro atoms. The molecule has 59 heavy (non-hydrogen) atoms. The SMILES string of the molecule is CC/C=C/C/C=C/C/C=C/CCCCCCCC(=O)O[C@H](COC(=O)/C=C/C=C/CCCCCCCCCCCCC)COP(=O)(O)OC1C(O)C(O)C(O)[C@@H](O)C1O. The van der Waals surface area contributed by atoms with Gasteiger partial charge < -0.3 is 39.9 Å². The molecule has 0 aromatic heterocycles. The fraction of sp³-hybridized carbons (Fsp3) is 0.733. The van der Waals surface area contributed by atoms with Crippen LogP contribution in [0.5, 0.6) is 0 Å². The van der Waals surface area contributed by atoms with Crippen molar-refractivity contribution in [1.29, 1.82) is 0 Å². The van der Waals surface area contributed by atoms with Gasteiger partial charge in [-0.15, -0.1) is 0 Å². The largest absolute Gasteiger partial charge is 0.472 e. The number of esters is 2. The first kappa shape index (κ1) is 54.6. The molecule has 0 aliphatic heterocycles. The van der Waals surface area contributed by atoms with Gasteiger partial charge in [0.1, 0.15) is 43.2 Å². The Hall–Kier alpha value is -2.45. The van der Waals surface area contributed by atoms with Gasteiger partial charge in [0.15, 0.2) is 6.10 Å². The molecule has 0 aromatic carbocycles. The van der Waals surface area contributed by atoms with Gasteiger partial charge in [0.2, 0.25) is 0 Å². The lowest BCUT2D eigenvalue weighted by Gasteiger charge is -2.41. The molecule has 6 unspecified atom stereocenters. The molecular weight excluding hydrogens is 779 g/mol. The quantitative estimate of drug-likeness (QED) is 0.00889. The predicted molar refractivity (Wildman–Crippen MR) is 230 cm³/mol. The molecule has 0 saturated heterocycles. The predicted octanol–water partition coefficient (Wildman–Crippen LogP) is 8.16. The Morgan fingerprint density at radius 1 is 0.593 bits per heavy atom. The van der Waals surface area contributed by atoms with Crippen LogP contribution in [0.3, 0.4) is 0 Å². The lowest BCUT2D eigenvalue weighted by atomic mass is 9.85. The van der Waals surface area contributed by atoms with Crippen LogP contribution >= 0.6 is 7.82 Å². The van der Waals surface area contributed by atoms with Crippen molar-refractivity contribution < 1.29 is 63.1 Å². The van der Waals surface area contributed by atoms with Crippen LogP contribution in [0.15, 0.2) is 60.8 Å². The summed E-state index contributed by atoms with van der Waals surface area (Å²) in [6.07, 6.45) is 29.1. The van der Waals surface area contributed by atoms with Crippen molar-refractivity contribution in [1.82, 2.24) is 0 Å². The van der Waals surface area contributed by atoms with Crippen LogP contribution in [0.1, 0.15) is 155 Å². The molecule has 14 heteroatoms. The number of carbonyl (C=O) groups is 2. The van der Waals surface area contributed by atoms with Crippen molar-refractivity contribution in [3.63, 3.8) is 0 Å². The number of phosphoric ester groups is 1. The van der Waals surface area contributed by atoms with Crippen LogP contribution in [0, 0.1) is 0 Å². The van der Waals surface area contributed by atoms with Gasteiger partial charge in [0, 0.05) is 12.5 Å². The normalized spacial score (nSPS) is 22.9. The monoisotopic (exact) mass is 857 g/mol. The smallest absolute Gasteiger partial charge is 0.458 e. The van der Waals surface area contributed by atoms with Crippen molar-refractivity contribution >= 4 is 19.8 Å². The standard InChI is InChI=1S/C45H77O13P/c1-3-5-7-9-11-13-15-17-19-21-23-25-27-29-31-33-38(46)55-35-37(36-56-59(53,54)58-45-43(51)41(49)40(48)42(50)44(45)52)57-39(47)34-32-30-28-26-24-22-20-18-16-14-12-10-8-6-4-2/h6,8,12,14,18,20,27,29,31,33,37,40-45,48-52H,3-5,7,9-11,13,15-17,19,21-26,28,30,32,34-36H2,1-2H3,(H,53,54)/b8-6+,14-12+,20-18+,29-27+,33-31+/t37-,40?,41-,42?,43?,44?,45?/m1/s1. The lowest BCUT2D eigenvalue weighted by Crippen LogP contribution is -2.64. The maximum atomic E-state index is 12.8. The molecule has 0 radical (unpaired) electrons. The van der Waals surface area contributed by atoms with Crippen LogP contribution in [0.25, 0.3) is 0 Å². The number of unbranched alkanes of at least 4 members (excludes halogenated alkanes) is 16. The Kier molecular flexibility index (Phi) is 32.5. The highest BCUT2D eigenvalue weighted by molar-refractivity contribution is 7.47. The number of aliphatic hydroxyl groups is 5. The molecule has 13 nitrogen and oxygen atoms in total. The van der Waals surface area contributed by atoms with E-state index in [4.69, 9.17) is 18.5 Å². The zero-order valence-corrected chi connectivity index (χ0v) is 36.7. The molecule has 8 atom stereocenters. The third kappa shape index (κ3) is 27.9. The van der Waals surface area contributed by atoms with E-state index in [0.717, 1.165) is 70.6 Å². The van der Waals surface area contributed by atoms with Crippen LogP contribution in [-0.2, 0) is 32.7 Å². The Balaban J connectivity index is 2.55. The summed E-state index contributed by atoms with van der Waals surface area (Å²) in [5.41, 5.74) is 0. The highest BCUT2D eigenvalue weighted by Gasteiger charge is 2.51. The number of hydrogen-bond donors (Lipinski definition) is 6. The number of allylic oxidation sites excluding steroid dienone is 9. The van der Waals surface area contributed by atoms with Gasteiger partial charge in [-0.1, -0.05) is 152 Å². The van der Waals surface area contributed by atoms with Crippen molar-refractivity contribution in [3.8, 4) is 0 Å². The van der Waals surface area contributed by atoms with Gasteiger partial charge >= 0.3 is 19.8 Å². The topological polar surface area (TPSA) is 210 Å². The summed E-state index contributed by atoms with van der Waals surface area (Å²) in [6, 6.07) is 0. The van der Waals surface area contributed by atoms with Gasteiger partial charge in [-0.2, -0.15) is 0 Å². The van der Waals surface area contributed by atoms with E-state index in [1.807, 2.05) is 6.08 Å². The summed E-state index contributed by atoms with van der Waals surface area (Å²) in [5.74, 6) is -1.38. The fourth-order valence-electron chi connectivity index (χ4n) is 6.39. The lowest BCUT2D eigenvalue weighted by molar-refractivity contribution is -0.220. The minimum absolute atomic E-state index is 0.0554. The number of carbonyl (C=O) groups excluding carboxylic acids is 2. The number of phosphoric acid groups is 1. The Labute approximate surface area is 353 Å². The number of aliphatic hydroxyl groups excluding tert-OH is 5. The van der Waals surface area contributed by atoms with Crippen LogP contribution < -0.4 is 0 Å². The summed E-state index contributed by atoms with van der Waals surface area (Å²) in [7, 11) is -5.14. The van der Waals surface area contributed by atoms with Crippen molar-refractivity contribution in [2.45, 2.75) is 198 Å². The number of ether oxygens (including phenoxy) is 2. The second kappa shape index (κ2) is 35.2. The van der Waals surface area contributed by atoms with E-state index in [-0.39, 0.29) is 6.42 Å². The highest BCUT2D eigenvalue weighted by Crippen LogP contribution is 2.47. The average Bonchev–Trinajstić information content (AvgIpc) is 3.21. The Bertz CT molecular complexity index is 1270. The van der Waals surface area contributed by atoms with Gasteiger partial charge in [0.25, 0.3) is 0 Å². The number of hydrogen-bond acceptors (Lipinski definition) is 12. The van der Waals surface area contributed by atoms with Crippen LogP contribution in [0.4, 0.5) is 0 Å². The average molecular weight is 857 g/mol. The molecule has 0 heterocycles. The first-order valence-electron chi connectivity index (χ1n) is 22.1. The summed E-state index contributed by atoms with van der Waals surface area (Å²) in [5, 5.41) is 50.1. The van der Waals surface area contributed by atoms with E-state index in [1.54, 1.807) is 6.08 Å². The summed E-state index contributed by atoms with van der Waals surface area (Å²) < 4.78 is 33.3. The first-order chi connectivity index (χ1) is 28.4. The highest BCUT2D eigenvalue weighted by atomic mass is 31.2. The van der Waals surface area contributed by atoms with E-state index in [9.17, 15) is 44.6 Å². The molecule has 0 bridgehead atoms. The molecule has 1 rings (SSSR count). The summed E-state index contributed by atoms with van der Waals surface area (Å²) in [4.78, 5) is 35.5. The summed E-state index contributed by atoms with van der Waals surface area (Å²) in [6.45, 7) is 3.05. The van der Waals surface area contributed by atoms with Crippen LogP contribution in [-0.4, -0.2) is 98.3 Å². The molecule has 1 fully saturated rings. The van der Waals surface area contributed by atoms with Gasteiger partial charge in [-0.3, -0.25) is 13.8 Å². The molecule has 6 N–H and O–H groups in total. The fourth-order valence-corrected chi connectivity index (χ4v) is 7.36. The maximum Gasteiger partial charge on any atom is 0.472 e. The Morgan fingerprint density at radius 2 is 1.08 bits per heavy atom. The molecule has 1 saturated carbocycles. The maximum absolute atomic E-state index is 12.8. The second-order valence-electron chi connectivity index (χ2n) is 15.2. The van der Waals surface area contributed by atoms with Crippen molar-refractivity contribution in [2.24, 2.45) is 0 Å². The second-order valence-corrected chi connectivity index (χ2v) is 16.6.